The van der Waals surface area contributed by atoms with E-state index in [-0.39, 0.29) is 12.1 Å². The summed E-state index contributed by atoms with van der Waals surface area (Å²) in [4.78, 5) is 10.2. The lowest BCUT2D eigenvalue weighted by molar-refractivity contribution is 0.0835. The highest BCUT2D eigenvalue weighted by atomic mass is 19.2. The van der Waals surface area contributed by atoms with E-state index in [0.29, 0.717) is 5.56 Å². The van der Waals surface area contributed by atoms with E-state index in [1.807, 2.05) is 0 Å². The molecule has 0 spiro atoms. The monoisotopic (exact) mass is 171 g/mol. The van der Waals surface area contributed by atoms with Gasteiger partial charge < -0.3 is 0 Å². The molecule has 0 fully saturated rings. The predicted molar refractivity (Wildman–Crippen MR) is 39.8 cm³/mol. The van der Waals surface area contributed by atoms with Crippen LogP contribution in [0.15, 0.2) is 24.3 Å². The van der Waals surface area contributed by atoms with Gasteiger partial charge in [-0.05, 0) is 17.7 Å². The Morgan fingerprint density at radius 1 is 1.50 bits per heavy atom. The van der Waals surface area contributed by atoms with Crippen LogP contribution >= 0.6 is 0 Å². The molecule has 0 radical (unpaired) electrons. The zero-order valence-electron chi connectivity index (χ0n) is 6.18. The highest BCUT2D eigenvalue weighted by Gasteiger charge is 2.03. The van der Waals surface area contributed by atoms with Gasteiger partial charge in [-0.1, -0.05) is 12.1 Å². The smallest absolute Gasteiger partial charge is 0.255 e. The SMILES string of the molecule is O=C(F)c1cccc(CNF)c1. The van der Waals surface area contributed by atoms with Crippen LogP contribution < -0.4 is 5.54 Å². The van der Waals surface area contributed by atoms with E-state index < -0.39 is 6.04 Å². The molecule has 64 valence electrons. The van der Waals surface area contributed by atoms with Gasteiger partial charge in [0.25, 0.3) is 0 Å². The third-order valence-corrected chi connectivity index (χ3v) is 1.42. The molecule has 0 unspecified atom stereocenters. The lowest BCUT2D eigenvalue weighted by atomic mass is 10.1. The molecule has 0 aliphatic carbocycles. The van der Waals surface area contributed by atoms with Crippen LogP contribution in [0.4, 0.5) is 8.87 Å². The van der Waals surface area contributed by atoms with Crippen LogP contribution in [-0.4, -0.2) is 6.04 Å². The third kappa shape index (κ3) is 2.10. The van der Waals surface area contributed by atoms with Gasteiger partial charge in [-0.2, -0.15) is 9.93 Å². The summed E-state index contributed by atoms with van der Waals surface area (Å²) in [6, 6.07) is 4.23. The van der Waals surface area contributed by atoms with Crippen molar-refractivity contribution in [3.05, 3.63) is 35.4 Å². The normalized spacial score (nSPS) is 9.83. The number of rotatable bonds is 3. The van der Waals surface area contributed by atoms with Crippen LogP contribution in [0.1, 0.15) is 15.9 Å². The van der Waals surface area contributed by atoms with E-state index in [9.17, 15) is 13.7 Å². The second-order valence-corrected chi connectivity index (χ2v) is 2.28. The second-order valence-electron chi connectivity index (χ2n) is 2.28. The summed E-state index contributed by atoms with van der Waals surface area (Å²) in [6.07, 6.45) is 0. The van der Waals surface area contributed by atoms with Crippen LogP contribution in [-0.2, 0) is 6.54 Å². The van der Waals surface area contributed by atoms with Gasteiger partial charge in [-0.25, -0.2) is 0 Å². The van der Waals surface area contributed by atoms with E-state index in [4.69, 9.17) is 0 Å². The van der Waals surface area contributed by atoms with Crippen molar-refractivity contribution in [1.82, 2.24) is 5.54 Å². The Bertz CT molecular complexity index is 288. The maximum Gasteiger partial charge on any atom is 0.332 e. The Kier molecular flexibility index (Phi) is 2.88. The van der Waals surface area contributed by atoms with Crippen molar-refractivity contribution in [2.45, 2.75) is 6.54 Å². The number of halogens is 2. The highest BCUT2D eigenvalue weighted by Crippen LogP contribution is 2.06. The minimum Gasteiger partial charge on any atom is -0.255 e. The summed E-state index contributed by atoms with van der Waals surface area (Å²) in [5, 5.41) is 0. The lowest BCUT2D eigenvalue weighted by Gasteiger charge is -1.98. The Balaban J connectivity index is 2.88. The second kappa shape index (κ2) is 3.92. The van der Waals surface area contributed by atoms with Crippen LogP contribution in [0.3, 0.4) is 0 Å². The van der Waals surface area contributed by atoms with Gasteiger partial charge in [0.2, 0.25) is 0 Å². The summed E-state index contributed by atoms with van der Waals surface area (Å²) in [7, 11) is 0. The molecule has 0 saturated carbocycles. The average molecular weight is 171 g/mol. The number of benzene rings is 1. The van der Waals surface area contributed by atoms with Gasteiger partial charge in [-0.15, -0.1) is 4.48 Å². The lowest BCUT2D eigenvalue weighted by Crippen LogP contribution is -2.01. The molecule has 1 aromatic rings. The van der Waals surface area contributed by atoms with E-state index in [1.54, 1.807) is 6.07 Å². The molecule has 0 bridgehead atoms. The van der Waals surface area contributed by atoms with Crippen molar-refractivity contribution < 1.29 is 13.7 Å². The van der Waals surface area contributed by atoms with Crippen molar-refractivity contribution in [2.75, 3.05) is 0 Å². The van der Waals surface area contributed by atoms with Crippen LogP contribution in [0, 0.1) is 0 Å². The summed E-state index contributed by atoms with van der Waals surface area (Å²) < 4.78 is 23.7. The molecular weight excluding hydrogens is 164 g/mol. The van der Waals surface area contributed by atoms with Crippen LogP contribution in [0.2, 0.25) is 0 Å². The molecule has 0 amide bonds. The first-order valence-corrected chi connectivity index (χ1v) is 3.36. The van der Waals surface area contributed by atoms with E-state index in [2.05, 4.69) is 0 Å². The molecule has 1 rings (SSSR count). The minimum atomic E-state index is -1.50. The average Bonchev–Trinajstić information content (AvgIpc) is 2.05. The molecule has 4 heteroatoms. The fourth-order valence-corrected chi connectivity index (χ4v) is 0.881. The third-order valence-electron chi connectivity index (χ3n) is 1.42. The van der Waals surface area contributed by atoms with Gasteiger partial charge in [-0.3, -0.25) is 4.79 Å². The molecule has 0 saturated heterocycles. The topological polar surface area (TPSA) is 29.1 Å². The first kappa shape index (κ1) is 8.80. The zero-order chi connectivity index (χ0) is 8.97. The molecular formula is C8H7F2NO. The summed E-state index contributed by atoms with van der Waals surface area (Å²) in [6.45, 7) is -0.0267. The minimum absolute atomic E-state index is 0.0267. The maximum atomic E-state index is 12.1. The largest absolute Gasteiger partial charge is 0.332 e. The number of hydrogen-bond donors (Lipinski definition) is 1. The highest BCUT2D eigenvalue weighted by molar-refractivity contribution is 5.88. The fourth-order valence-electron chi connectivity index (χ4n) is 0.881. The van der Waals surface area contributed by atoms with Gasteiger partial charge in [0.1, 0.15) is 0 Å². The molecule has 0 aromatic heterocycles. The molecule has 12 heavy (non-hydrogen) atoms. The number of carbonyl (C=O) groups is 1. The van der Waals surface area contributed by atoms with Crippen LogP contribution in [0.5, 0.6) is 0 Å². The molecule has 0 aliphatic heterocycles. The standard InChI is InChI=1S/C8H7F2NO/c9-8(12)7-3-1-2-6(4-7)5-11-10/h1-4,11H,5H2. The molecule has 2 nitrogen and oxygen atoms in total. The maximum absolute atomic E-state index is 12.1. The fraction of sp³-hybridized carbons (Fsp3) is 0.125. The molecule has 1 aromatic carbocycles. The van der Waals surface area contributed by atoms with Crippen LogP contribution in [0.25, 0.3) is 0 Å². The van der Waals surface area contributed by atoms with Crippen molar-refractivity contribution in [3.8, 4) is 0 Å². The number of carbonyl (C=O) groups excluding carboxylic acids is 1. The van der Waals surface area contributed by atoms with Crippen molar-refractivity contribution in [3.63, 3.8) is 0 Å². The Labute approximate surface area is 68.1 Å². The molecule has 0 heterocycles. The molecule has 0 aliphatic rings. The van der Waals surface area contributed by atoms with Crippen molar-refractivity contribution in [2.24, 2.45) is 0 Å². The van der Waals surface area contributed by atoms with E-state index in [1.165, 1.54) is 23.7 Å². The zero-order valence-corrected chi connectivity index (χ0v) is 6.18. The first-order chi connectivity index (χ1) is 5.74. The van der Waals surface area contributed by atoms with Crippen molar-refractivity contribution in [1.29, 1.82) is 0 Å². The summed E-state index contributed by atoms with van der Waals surface area (Å²) >= 11 is 0. The summed E-state index contributed by atoms with van der Waals surface area (Å²) in [5.74, 6) is 0. The number of nitrogens with one attached hydrogen (secondary N) is 1. The molecule has 1 N–H and O–H groups in total. The summed E-state index contributed by atoms with van der Waals surface area (Å²) in [5.41, 5.74) is 1.89. The Hall–Kier alpha value is -1.29. The van der Waals surface area contributed by atoms with Gasteiger partial charge >= 0.3 is 6.04 Å². The van der Waals surface area contributed by atoms with Crippen molar-refractivity contribution >= 4 is 6.04 Å². The van der Waals surface area contributed by atoms with Gasteiger partial charge in [0, 0.05) is 0 Å². The molecule has 0 atom stereocenters. The first-order valence-electron chi connectivity index (χ1n) is 3.36. The Morgan fingerprint density at radius 2 is 2.25 bits per heavy atom. The van der Waals surface area contributed by atoms with E-state index >= 15 is 0 Å². The quantitative estimate of drug-likeness (QED) is 0.554. The predicted octanol–water partition coefficient (Wildman–Crippen LogP) is 1.77. The van der Waals surface area contributed by atoms with E-state index in [0.717, 1.165) is 0 Å². The van der Waals surface area contributed by atoms with Gasteiger partial charge in [0.05, 0.1) is 12.1 Å². The Morgan fingerprint density at radius 3 is 2.83 bits per heavy atom. The van der Waals surface area contributed by atoms with Gasteiger partial charge in [0.15, 0.2) is 0 Å². The number of hydrogen-bond acceptors (Lipinski definition) is 2.